The number of ether oxygens (including phenoxy) is 1. The minimum Gasteiger partial charge on any atom is -0.476 e. The molecule has 210 valence electrons. The molecule has 0 atom stereocenters. The number of hydrogen-bond acceptors (Lipinski definition) is 7. The van der Waals surface area contributed by atoms with Crippen molar-refractivity contribution < 1.29 is 18.8 Å². The molecule has 1 amide bonds. The molecule has 1 aliphatic carbocycles. The number of fused-ring (bicyclic) bond motifs is 1. The molecule has 12 heteroatoms. The summed E-state index contributed by atoms with van der Waals surface area (Å²) in [4.78, 5) is 42.0. The number of aromatic nitrogens is 2. The van der Waals surface area contributed by atoms with Gasteiger partial charge in [-0.1, -0.05) is 59.5 Å². The second kappa shape index (κ2) is 12.4. The smallest absolute Gasteiger partial charge is 0.312 e. The van der Waals surface area contributed by atoms with Crippen LogP contribution in [-0.4, -0.2) is 33.3 Å². The predicted octanol–water partition coefficient (Wildman–Crippen LogP) is 6.15. The van der Waals surface area contributed by atoms with E-state index < -0.39 is 28.9 Å². The van der Waals surface area contributed by atoms with Gasteiger partial charge in [0.2, 0.25) is 5.75 Å². The average molecular weight is 622 g/mol. The average Bonchev–Trinajstić information content (AvgIpc) is 2.97. The number of para-hydroxylation sites is 2. The Balaban J connectivity index is 1.52. The summed E-state index contributed by atoms with van der Waals surface area (Å²) in [5, 5.41) is 19.1. The Morgan fingerprint density at radius 2 is 1.90 bits per heavy atom. The number of carbonyl (C=O) groups is 1. The molecule has 1 N–H and O–H groups in total. The second-order valence-electron chi connectivity index (χ2n) is 9.60. The molecule has 1 fully saturated rings. The van der Waals surface area contributed by atoms with Crippen LogP contribution in [0, 0.1) is 15.9 Å². The maximum Gasteiger partial charge on any atom is 0.312 e. The van der Waals surface area contributed by atoms with E-state index in [1.54, 1.807) is 24.3 Å². The number of benzene rings is 3. The molecule has 41 heavy (non-hydrogen) atoms. The Labute approximate surface area is 242 Å². The fourth-order valence-corrected chi connectivity index (χ4v) is 5.34. The lowest BCUT2D eigenvalue weighted by Gasteiger charge is -2.22. The van der Waals surface area contributed by atoms with Gasteiger partial charge in [-0.3, -0.25) is 19.7 Å². The predicted molar refractivity (Wildman–Crippen MR) is 156 cm³/mol. The number of nitrogens with one attached hydrogen (secondary N) is 1. The van der Waals surface area contributed by atoms with Crippen LogP contribution in [-0.2, 0) is 4.79 Å². The van der Waals surface area contributed by atoms with Crippen molar-refractivity contribution in [2.75, 3.05) is 11.9 Å². The highest BCUT2D eigenvalue weighted by atomic mass is 79.9. The third-order valence-corrected chi connectivity index (χ3v) is 7.27. The van der Waals surface area contributed by atoms with Crippen LogP contribution in [0.15, 0.2) is 75.0 Å². The van der Waals surface area contributed by atoms with Crippen LogP contribution < -0.4 is 15.6 Å². The van der Waals surface area contributed by atoms with Crippen molar-refractivity contribution in [2.24, 2.45) is 5.10 Å². The molecule has 3 aromatic carbocycles. The van der Waals surface area contributed by atoms with Crippen molar-refractivity contribution in [1.29, 1.82) is 0 Å². The highest BCUT2D eigenvalue weighted by Crippen LogP contribution is 2.35. The number of carbonyl (C=O) groups excluding carboxylic acids is 1. The monoisotopic (exact) mass is 621 g/mol. The lowest BCUT2D eigenvalue weighted by atomic mass is 9.88. The maximum absolute atomic E-state index is 14.0. The van der Waals surface area contributed by atoms with Gasteiger partial charge in [0.1, 0.15) is 11.6 Å². The van der Waals surface area contributed by atoms with Gasteiger partial charge in [0, 0.05) is 22.0 Å². The fraction of sp³-hybridized carbons (Fsp3) is 0.241. The Morgan fingerprint density at radius 1 is 1.17 bits per heavy atom. The van der Waals surface area contributed by atoms with Gasteiger partial charge in [-0.2, -0.15) is 9.78 Å². The number of hydrogen-bond donors (Lipinski definition) is 1. The zero-order valence-corrected chi connectivity index (χ0v) is 23.3. The molecular formula is C29H25BrFN5O5. The van der Waals surface area contributed by atoms with Gasteiger partial charge in [-0.15, -0.1) is 0 Å². The Kier molecular flexibility index (Phi) is 8.48. The van der Waals surface area contributed by atoms with Crippen LogP contribution in [0.2, 0.25) is 0 Å². The molecule has 0 saturated heterocycles. The first-order valence-corrected chi connectivity index (χ1v) is 13.8. The summed E-state index contributed by atoms with van der Waals surface area (Å²) >= 11 is 3.27. The van der Waals surface area contributed by atoms with Gasteiger partial charge >= 0.3 is 5.69 Å². The summed E-state index contributed by atoms with van der Waals surface area (Å²) in [6.45, 7) is -0.636. The molecule has 1 aromatic heterocycles. The Bertz CT molecular complexity index is 1720. The van der Waals surface area contributed by atoms with Gasteiger partial charge in [0.25, 0.3) is 11.5 Å². The van der Waals surface area contributed by atoms with E-state index in [0.717, 1.165) is 32.1 Å². The van der Waals surface area contributed by atoms with Crippen molar-refractivity contribution in [3.63, 3.8) is 0 Å². The Hall–Kier alpha value is -4.45. The number of halogens is 2. The number of nitro benzene ring substituents is 1. The SMILES string of the molecule is O=C(COc1c(C=Nn2c(C3CCCCC3)nc3ccccc3c2=O)cc(Br)cc1[N+](=O)[O-])Nc1ccccc1F. The van der Waals surface area contributed by atoms with Gasteiger partial charge in [-0.25, -0.2) is 9.37 Å². The molecule has 1 heterocycles. The van der Waals surface area contributed by atoms with Crippen LogP contribution in [0.4, 0.5) is 15.8 Å². The molecule has 0 aliphatic heterocycles. The van der Waals surface area contributed by atoms with Gasteiger partial charge in [0.05, 0.1) is 27.7 Å². The van der Waals surface area contributed by atoms with Crippen LogP contribution in [0.25, 0.3) is 10.9 Å². The summed E-state index contributed by atoms with van der Waals surface area (Å²) in [6.07, 6.45) is 6.17. The van der Waals surface area contributed by atoms with E-state index in [4.69, 9.17) is 9.72 Å². The molecule has 0 radical (unpaired) electrons. The highest BCUT2D eigenvalue weighted by molar-refractivity contribution is 9.10. The lowest BCUT2D eigenvalue weighted by Crippen LogP contribution is -2.25. The number of nitro groups is 1. The van der Waals surface area contributed by atoms with Crippen LogP contribution >= 0.6 is 15.9 Å². The van der Waals surface area contributed by atoms with Crippen molar-refractivity contribution in [3.8, 4) is 5.75 Å². The molecule has 0 bridgehead atoms. The summed E-state index contributed by atoms with van der Waals surface area (Å²) in [5.41, 5.74) is -0.0989. The standard InChI is InChI=1S/C29H25BrFN5O5/c30-20-14-19(27(25(15-20)36(39)40)41-17-26(37)33-24-13-7-5-11-22(24)31)16-32-35-28(18-8-2-1-3-9-18)34-23-12-6-4-10-21(23)29(35)38/h4-7,10-16,18H,1-3,8-9,17H2,(H,33,37). The minimum absolute atomic E-state index is 0.0350. The maximum atomic E-state index is 14.0. The van der Waals surface area contributed by atoms with Crippen LogP contribution in [0.5, 0.6) is 5.75 Å². The van der Waals surface area contributed by atoms with E-state index in [0.29, 0.717) is 21.2 Å². The normalized spacial score (nSPS) is 13.9. The van der Waals surface area contributed by atoms with E-state index in [2.05, 4.69) is 26.3 Å². The molecule has 0 unspecified atom stereocenters. The van der Waals surface area contributed by atoms with Gasteiger partial charge in [-0.05, 0) is 43.2 Å². The number of amides is 1. The second-order valence-corrected chi connectivity index (χ2v) is 10.5. The van der Waals surface area contributed by atoms with Crippen molar-refractivity contribution in [2.45, 2.75) is 38.0 Å². The summed E-state index contributed by atoms with van der Waals surface area (Å²) in [5.74, 6) is -1.02. The highest BCUT2D eigenvalue weighted by Gasteiger charge is 2.24. The molecule has 4 aromatic rings. The molecule has 5 rings (SSSR count). The molecule has 1 saturated carbocycles. The zero-order valence-electron chi connectivity index (χ0n) is 21.8. The van der Waals surface area contributed by atoms with E-state index in [1.165, 1.54) is 41.2 Å². The first kappa shape index (κ1) is 28.1. The summed E-state index contributed by atoms with van der Waals surface area (Å²) in [7, 11) is 0. The van der Waals surface area contributed by atoms with E-state index in [9.17, 15) is 24.1 Å². The molecule has 0 spiro atoms. The molecular weight excluding hydrogens is 597 g/mol. The first-order valence-electron chi connectivity index (χ1n) is 13.0. The minimum atomic E-state index is -0.718. The zero-order chi connectivity index (χ0) is 28.9. The third-order valence-electron chi connectivity index (χ3n) is 6.82. The molecule has 10 nitrogen and oxygen atoms in total. The van der Waals surface area contributed by atoms with Crippen molar-refractivity contribution in [1.82, 2.24) is 9.66 Å². The number of rotatable bonds is 8. The van der Waals surface area contributed by atoms with Gasteiger partial charge < -0.3 is 10.1 Å². The quantitative estimate of drug-likeness (QED) is 0.143. The fourth-order valence-electron chi connectivity index (χ4n) is 4.87. The first-order chi connectivity index (χ1) is 19.8. The number of nitrogens with zero attached hydrogens (tertiary/aromatic N) is 4. The van der Waals surface area contributed by atoms with E-state index >= 15 is 0 Å². The van der Waals surface area contributed by atoms with E-state index in [-0.39, 0.29) is 28.5 Å². The van der Waals surface area contributed by atoms with Crippen molar-refractivity contribution >= 4 is 50.3 Å². The van der Waals surface area contributed by atoms with Crippen LogP contribution in [0.1, 0.15) is 49.4 Å². The summed E-state index contributed by atoms with van der Waals surface area (Å²) in [6, 6.07) is 15.4. The number of anilines is 1. The largest absolute Gasteiger partial charge is 0.476 e. The summed E-state index contributed by atoms with van der Waals surface area (Å²) < 4.78 is 21.2. The van der Waals surface area contributed by atoms with Gasteiger partial charge in [0.15, 0.2) is 6.61 Å². The topological polar surface area (TPSA) is 129 Å². The Morgan fingerprint density at radius 3 is 2.66 bits per heavy atom. The third kappa shape index (κ3) is 6.32. The van der Waals surface area contributed by atoms with Crippen LogP contribution in [0.3, 0.4) is 0 Å². The molecule has 1 aliphatic rings. The van der Waals surface area contributed by atoms with E-state index in [1.807, 2.05) is 6.07 Å². The lowest BCUT2D eigenvalue weighted by molar-refractivity contribution is -0.385. The van der Waals surface area contributed by atoms with Crippen molar-refractivity contribution in [3.05, 3.63) is 103 Å².